The second-order valence-corrected chi connectivity index (χ2v) is 9.45. The summed E-state index contributed by atoms with van der Waals surface area (Å²) in [7, 11) is 1.32. The van der Waals surface area contributed by atoms with Gasteiger partial charge in [0, 0.05) is 5.75 Å². The van der Waals surface area contributed by atoms with E-state index >= 15 is 0 Å². The SMILES string of the molecule is COC(=O)Cn1c(SCc2c(C)cc(C(C)(C)C)cc2C)nc2ccccc2c1=O. The summed E-state index contributed by atoms with van der Waals surface area (Å²) in [4.78, 5) is 29.6. The van der Waals surface area contributed by atoms with E-state index < -0.39 is 5.97 Å². The number of benzene rings is 2. The van der Waals surface area contributed by atoms with Gasteiger partial charge in [0.15, 0.2) is 5.16 Å². The summed E-state index contributed by atoms with van der Waals surface area (Å²) in [6.07, 6.45) is 0. The number of ether oxygens (including phenoxy) is 1. The molecule has 0 aliphatic rings. The molecule has 3 aromatic rings. The van der Waals surface area contributed by atoms with Crippen molar-refractivity contribution in [1.82, 2.24) is 9.55 Å². The number of esters is 1. The second-order valence-electron chi connectivity index (χ2n) is 8.51. The van der Waals surface area contributed by atoms with E-state index in [1.54, 1.807) is 12.1 Å². The minimum absolute atomic E-state index is 0.0854. The van der Waals surface area contributed by atoms with E-state index in [0.29, 0.717) is 21.8 Å². The van der Waals surface area contributed by atoms with Gasteiger partial charge in [0.25, 0.3) is 5.56 Å². The van der Waals surface area contributed by atoms with Crippen molar-refractivity contribution in [2.45, 2.75) is 57.5 Å². The van der Waals surface area contributed by atoms with Crippen LogP contribution in [0.4, 0.5) is 0 Å². The number of carbonyl (C=O) groups is 1. The van der Waals surface area contributed by atoms with Gasteiger partial charge < -0.3 is 4.74 Å². The molecule has 6 heteroatoms. The Bertz CT molecular complexity index is 1140. The third-order valence-electron chi connectivity index (χ3n) is 5.25. The zero-order valence-corrected chi connectivity index (χ0v) is 19.2. The third kappa shape index (κ3) is 4.59. The van der Waals surface area contributed by atoms with Crippen LogP contribution in [0.25, 0.3) is 10.9 Å². The molecule has 0 aliphatic carbocycles. The molecule has 158 valence electrons. The number of nitrogens with zero attached hydrogens (tertiary/aromatic N) is 2. The maximum atomic E-state index is 13.0. The number of carbonyl (C=O) groups excluding carboxylic acids is 1. The maximum Gasteiger partial charge on any atom is 0.325 e. The first-order valence-corrected chi connectivity index (χ1v) is 10.9. The highest BCUT2D eigenvalue weighted by Gasteiger charge is 2.18. The van der Waals surface area contributed by atoms with Crippen molar-refractivity contribution in [3.8, 4) is 0 Å². The monoisotopic (exact) mass is 424 g/mol. The molecule has 0 fully saturated rings. The lowest BCUT2D eigenvalue weighted by atomic mass is 9.84. The molecule has 0 atom stereocenters. The number of para-hydroxylation sites is 1. The van der Waals surface area contributed by atoms with Crippen molar-refractivity contribution in [2.24, 2.45) is 0 Å². The summed E-state index contributed by atoms with van der Waals surface area (Å²) in [5, 5.41) is 1.01. The number of thioether (sulfide) groups is 1. The van der Waals surface area contributed by atoms with Crippen LogP contribution in [0.3, 0.4) is 0 Å². The molecule has 30 heavy (non-hydrogen) atoms. The van der Waals surface area contributed by atoms with Crippen molar-refractivity contribution in [3.05, 3.63) is 69.0 Å². The normalized spacial score (nSPS) is 11.7. The lowest BCUT2D eigenvalue weighted by Crippen LogP contribution is -2.27. The van der Waals surface area contributed by atoms with Crippen LogP contribution in [-0.4, -0.2) is 22.6 Å². The van der Waals surface area contributed by atoms with Crippen LogP contribution in [-0.2, 0) is 27.2 Å². The van der Waals surface area contributed by atoms with Crippen LogP contribution in [0.1, 0.15) is 43.0 Å². The van der Waals surface area contributed by atoms with E-state index in [1.165, 1.54) is 45.7 Å². The highest BCUT2D eigenvalue weighted by Crippen LogP contribution is 2.30. The average Bonchev–Trinajstić information content (AvgIpc) is 2.69. The quantitative estimate of drug-likeness (QED) is 0.335. The Morgan fingerprint density at radius 1 is 1.13 bits per heavy atom. The number of aromatic nitrogens is 2. The molecule has 3 rings (SSSR count). The molecule has 1 heterocycles. The summed E-state index contributed by atoms with van der Waals surface area (Å²) in [6, 6.07) is 11.7. The first-order valence-electron chi connectivity index (χ1n) is 9.91. The fraction of sp³-hybridized carbons (Fsp3) is 0.375. The smallest absolute Gasteiger partial charge is 0.325 e. The fourth-order valence-electron chi connectivity index (χ4n) is 3.38. The molecule has 2 aromatic carbocycles. The zero-order chi connectivity index (χ0) is 22.1. The Hall–Kier alpha value is -2.60. The minimum Gasteiger partial charge on any atom is -0.468 e. The molecular formula is C24H28N2O3S. The molecule has 0 aliphatic heterocycles. The standard InChI is InChI=1S/C24H28N2O3S/c1-15-11-17(24(3,4)5)12-16(2)19(15)14-30-23-25-20-10-8-7-9-18(20)22(28)26(23)13-21(27)29-6/h7-12H,13-14H2,1-6H3. The van der Waals surface area contributed by atoms with Crippen molar-refractivity contribution in [1.29, 1.82) is 0 Å². The topological polar surface area (TPSA) is 61.2 Å². The highest BCUT2D eigenvalue weighted by molar-refractivity contribution is 7.98. The summed E-state index contributed by atoms with van der Waals surface area (Å²) >= 11 is 1.47. The Kier molecular flexibility index (Phi) is 6.36. The lowest BCUT2D eigenvalue weighted by molar-refractivity contribution is -0.141. The van der Waals surface area contributed by atoms with Gasteiger partial charge >= 0.3 is 5.97 Å². The van der Waals surface area contributed by atoms with E-state index in [0.717, 1.165) is 0 Å². The van der Waals surface area contributed by atoms with Crippen molar-refractivity contribution in [2.75, 3.05) is 7.11 Å². The van der Waals surface area contributed by atoms with Gasteiger partial charge in [0.2, 0.25) is 0 Å². The largest absolute Gasteiger partial charge is 0.468 e. The number of hydrogen-bond acceptors (Lipinski definition) is 5. The number of rotatable bonds is 5. The molecule has 0 saturated heterocycles. The molecule has 0 unspecified atom stereocenters. The van der Waals surface area contributed by atoms with Crippen LogP contribution in [0.2, 0.25) is 0 Å². The molecule has 5 nitrogen and oxygen atoms in total. The van der Waals surface area contributed by atoms with E-state index in [-0.39, 0.29) is 17.5 Å². The van der Waals surface area contributed by atoms with E-state index in [4.69, 9.17) is 4.74 Å². The van der Waals surface area contributed by atoms with Crippen molar-refractivity contribution < 1.29 is 9.53 Å². The van der Waals surface area contributed by atoms with E-state index in [1.807, 2.05) is 12.1 Å². The lowest BCUT2D eigenvalue weighted by Gasteiger charge is -2.22. The predicted octanol–water partition coefficient (Wildman–Crippen LogP) is 4.78. The molecule has 0 saturated carbocycles. The summed E-state index contributed by atoms with van der Waals surface area (Å²) in [5.41, 5.74) is 5.44. The Balaban J connectivity index is 2.01. The van der Waals surface area contributed by atoms with Crippen LogP contribution in [0.5, 0.6) is 0 Å². The number of hydrogen-bond donors (Lipinski definition) is 0. The fourth-order valence-corrected chi connectivity index (χ4v) is 4.58. The zero-order valence-electron chi connectivity index (χ0n) is 18.4. The molecule has 1 aromatic heterocycles. The Morgan fingerprint density at radius 3 is 2.37 bits per heavy atom. The van der Waals surface area contributed by atoms with Gasteiger partial charge in [0.05, 0.1) is 18.0 Å². The summed E-state index contributed by atoms with van der Waals surface area (Å²) < 4.78 is 6.20. The van der Waals surface area contributed by atoms with Gasteiger partial charge in [-0.1, -0.05) is 56.8 Å². The van der Waals surface area contributed by atoms with Crippen LogP contribution >= 0.6 is 11.8 Å². The van der Waals surface area contributed by atoms with Crippen molar-refractivity contribution in [3.63, 3.8) is 0 Å². The van der Waals surface area contributed by atoms with E-state index in [9.17, 15) is 9.59 Å². The van der Waals surface area contributed by atoms with Crippen LogP contribution in [0, 0.1) is 13.8 Å². The van der Waals surface area contributed by atoms with Gasteiger partial charge in [-0.3, -0.25) is 14.2 Å². The molecule has 0 radical (unpaired) electrons. The van der Waals surface area contributed by atoms with Gasteiger partial charge in [-0.05, 0) is 53.6 Å². The van der Waals surface area contributed by atoms with Crippen LogP contribution in [0.15, 0.2) is 46.3 Å². The van der Waals surface area contributed by atoms with E-state index in [2.05, 4.69) is 51.7 Å². The minimum atomic E-state index is -0.474. The Labute approximate surface area is 181 Å². The molecular weight excluding hydrogens is 396 g/mol. The highest BCUT2D eigenvalue weighted by atomic mass is 32.2. The van der Waals surface area contributed by atoms with Gasteiger partial charge in [-0.15, -0.1) is 0 Å². The third-order valence-corrected chi connectivity index (χ3v) is 6.25. The first kappa shape index (κ1) is 22.1. The van der Waals surface area contributed by atoms with Gasteiger partial charge in [-0.2, -0.15) is 0 Å². The number of methoxy groups -OCH3 is 1. The maximum absolute atomic E-state index is 13.0. The summed E-state index contributed by atoms with van der Waals surface area (Å²) in [6.45, 7) is 10.7. The summed E-state index contributed by atoms with van der Waals surface area (Å²) in [5.74, 6) is 0.187. The van der Waals surface area contributed by atoms with Crippen LogP contribution < -0.4 is 5.56 Å². The van der Waals surface area contributed by atoms with Gasteiger partial charge in [0.1, 0.15) is 6.54 Å². The number of aryl methyl sites for hydroxylation is 2. The number of fused-ring (bicyclic) bond motifs is 1. The van der Waals surface area contributed by atoms with Crippen molar-refractivity contribution >= 4 is 28.6 Å². The molecule has 0 spiro atoms. The molecule has 0 bridgehead atoms. The average molecular weight is 425 g/mol. The van der Waals surface area contributed by atoms with Gasteiger partial charge in [-0.25, -0.2) is 4.98 Å². The second kappa shape index (κ2) is 8.64. The Morgan fingerprint density at radius 2 is 1.77 bits per heavy atom. The molecule has 0 N–H and O–H groups in total. The predicted molar refractivity (Wildman–Crippen MR) is 122 cm³/mol. The first-order chi connectivity index (χ1) is 14.1. The molecule has 0 amide bonds.